The molecule has 2 heterocycles. The fraction of sp³-hybridized carbons (Fsp3) is 0.440. The number of nitrogens with zero attached hydrogens (tertiary/aromatic N) is 2. The first-order valence-corrected chi connectivity index (χ1v) is 11.3. The number of nitrogens with one attached hydrogen (secondary N) is 1. The summed E-state index contributed by atoms with van der Waals surface area (Å²) in [5.41, 5.74) is 2.36. The van der Waals surface area contributed by atoms with Gasteiger partial charge in [-0.15, -0.1) is 0 Å². The van der Waals surface area contributed by atoms with Crippen molar-refractivity contribution in [3.8, 4) is 11.5 Å². The maximum Gasteiger partial charge on any atom is 0.409 e. The first-order valence-electron chi connectivity index (χ1n) is 11.3. The number of carbonyl (C=O) groups is 1. The van der Waals surface area contributed by atoms with Gasteiger partial charge in [-0.2, -0.15) is 0 Å². The highest BCUT2D eigenvalue weighted by Crippen LogP contribution is 2.40. The van der Waals surface area contributed by atoms with Gasteiger partial charge in [0.15, 0.2) is 11.5 Å². The zero-order valence-corrected chi connectivity index (χ0v) is 18.7. The molecule has 2 aliphatic heterocycles. The molecule has 2 aromatic rings. The van der Waals surface area contributed by atoms with Crippen LogP contribution >= 0.6 is 0 Å². The average molecular weight is 438 g/mol. The van der Waals surface area contributed by atoms with Gasteiger partial charge in [0.1, 0.15) is 5.66 Å². The summed E-state index contributed by atoms with van der Waals surface area (Å²) in [6.07, 6.45) is 1.72. The van der Waals surface area contributed by atoms with Gasteiger partial charge in [-0.3, -0.25) is 10.3 Å². The summed E-state index contributed by atoms with van der Waals surface area (Å²) < 4.78 is 10.8. The minimum Gasteiger partial charge on any atom is -0.504 e. The molecule has 1 atom stereocenters. The van der Waals surface area contributed by atoms with E-state index in [2.05, 4.69) is 17.4 Å². The summed E-state index contributed by atoms with van der Waals surface area (Å²) >= 11 is 0. The van der Waals surface area contributed by atoms with Gasteiger partial charge in [0.25, 0.3) is 0 Å². The lowest BCUT2D eigenvalue weighted by Crippen LogP contribution is -2.56. The van der Waals surface area contributed by atoms with Crippen molar-refractivity contribution in [3.05, 3.63) is 59.7 Å². The molecule has 2 aromatic carbocycles. The van der Waals surface area contributed by atoms with Crippen LogP contribution < -0.4 is 10.1 Å². The van der Waals surface area contributed by atoms with Gasteiger partial charge in [0.2, 0.25) is 0 Å². The molecule has 7 nitrogen and oxygen atoms in total. The SMILES string of the molecule is CCOC(=O)N1CCC2(CC1)N=C(c1ccccc1)C[C@H](c1cccc(OCC)c1O)N2. The van der Waals surface area contributed by atoms with E-state index in [0.29, 0.717) is 51.3 Å². The number of likely N-dealkylation sites (tertiary alicyclic amines) is 1. The number of phenols is 1. The smallest absolute Gasteiger partial charge is 0.409 e. The monoisotopic (exact) mass is 437 g/mol. The minimum atomic E-state index is -0.509. The van der Waals surface area contributed by atoms with Crippen LogP contribution in [0, 0.1) is 0 Å². The van der Waals surface area contributed by atoms with Crippen molar-refractivity contribution >= 4 is 11.8 Å². The highest BCUT2D eigenvalue weighted by molar-refractivity contribution is 6.01. The highest BCUT2D eigenvalue weighted by atomic mass is 16.6. The second kappa shape index (κ2) is 9.61. The number of amides is 1. The lowest BCUT2D eigenvalue weighted by molar-refractivity contribution is 0.0778. The van der Waals surface area contributed by atoms with Crippen LogP contribution in [0.15, 0.2) is 53.5 Å². The van der Waals surface area contributed by atoms with E-state index in [-0.39, 0.29) is 17.9 Å². The fourth-order valence-corrected chi connectivity index (χ4v) is 4.53. The normalized spacial score (nSPS) is 20.0. The zero-order chi connectivity index (χ0) is 22.6. The van der Waals surface area contributed by atoms with E-state index in [1.807, 2.05) is 44.2 Å². The van der Waals surface area contributed by atoms with Crippen LogP contribution in [-0.2, 0) is 4.74 Å². The van der Waals surface area contributed by atoms with Crippen LogP contribution in [0.4, 0.5) is 4.79 Å². The first-order chi connectivity index (χ1) is 15.5. The van der Waals surface area contributed by atoms with Gasteiger partial charge in [-0.1, -0.05) is 42.5 Å². The molecule has 2 aliphatic rings. The van der Waals surface area contributed by atoms with E-state index in [9.17, 15) is 9.90 Å². The molecular weight excluding hydrogens is 406 g/mol. The van der Waals surface area contributed by atoms with Crippen molar-refractivity contribution in [1.82, 2.24) is 10.2 Å². The van der Waals surface area contributed by atoms with Gasteiger partial charge >= 0.3 is 6.09 Å². The van der Waals surface area contributed by atoms with Crippen LogP contribution in [0.3, 0.4) is 0 Å². The lowest BCUT2D eigenvalue weighted by atomic mass is 9.87. The van der Waals surface area contributed by atoms with Crippen LogP contribution in [0.1, 0.15) is 50.3 Å². The fourth-order valence-electron chi connectivity index (χ4n) is 4.53. The Balaban J connectivity index is 1.65. The number of hydrogen-bond donors (Lipinski definition) is 2. The number of hydrogen-bond acceptors (Lipinski definition) is 6. The summed E-state index contributed by atoms with van der Waals surface area (Å²) in [4.78, 5) is 19.1. The van der Waals surface area contributed by atoms with E-state index in [1.54, 1.807) is 11.0 Å². The van der Waals surface area contributed by atoms with Crippen LogP contribution in [0.5, 0.6) is 11.5 Å². The van der Waals surface area contributed by atoms with Crippen molar-refractivity contribution in [3.63, 3.8) is 0 Å². The number of carbonyl (C=O) groups excluding carboxylic acids is 1. The Morgan fingerprint density at radius 2 is 1.88 bits per heavy atom. The number of rotatable bonds is 5. The van der Waals surface area contributed by atoms with Gasteiger partial charge in [0.05, 0.1) is 13.2 Å². The molecule has 4 rings (SSSR count). The molecule has 7 heteroatoms. The summed E-state index contributed by atoms with van der Waals surface area (Å²) in [6.45, 7) is 5.70. The van der Waals surface area contributed by atoms with Crippen molar-refractivity contribution in [2.45, 2.75) is 44.8 Å². The number of para-hydroxylation sites is 1. The lowest BCUT2D eigenvalue weighted by Gasteiger charge is -2.45. The number of aliphatic imine (C=N–C) groups is 1. The maximum atomic E-state index is 12.2. The predicted molar refractivity (Wildman–Crippen MR) is 123 cm³/mol. The molecule has 1 fully saturated rings. The number of benzene rings is 2. The Kier molecular flexibility index (Phi) is 6.65. The standard InChI is InChI=1S/C25H31N3O4/c1-3-31-22-12-8-11-19(23(22)29)21-17-20(18-9-6-5-7-10-18)26-25(27-21)13-15-28(16-14-25)24(30)32-4-2/h5-12,21,27,29H,3-4,13-17H2,1-2H3/t21-/m1/s1. The Bertz CT molecular complexity index is 968. The molecule has 1 spiro atoms. The Morgan fingerprint density at radius 1 is 1.12 bits per heavy atom. The molecule has 0 radical (unpaired) electrons. The molecule has 0 saturated carbocycles. The largest absolute Gasteiger partial charge is 0.504 e. The van der Waals surface area contributed by atoms with E-state index in [4.69, 9.17) is 14.5 Å². The van der Waals surface area contributed by atoms with E-state index >= 15 is 0 Å². The third kappa shape index (κ3) is 4.58. The molecule has 170 valence electrons. The summed E-state index contributed by atoms with van der Waals surface area (Å²) in [5.74, 6) is 0.655. The first kappa shape index (κ1) is 22.1. The van der Waals surface area contributed by atoms with E-state index in [0.717, 1.165) is 16.8 Å². The third-order valence-corrected chi connectivity index (χ3v) is 6.12. The highest BCUT2D eigenvalue weighted by Gasteiger charge is 2.41. The third-order valence-electron chi connectivity index (χ3n) is 6.12. The molecule has 0 aliphatic carbocycles. The van der Waals surface area contributed by atoms with E-state index < -0.39 is 5.66 Å². The van der Waals surface area contributed by atoms with Crippen molar-refractivity contribution < 1.29 is 19.4 Å². The van der Waals surface area contributed by atoms with Gasteiger partial charge in [0, 0.05) is 49.7 Å². The number of piperidine rings is 1. The number of phenolic OH excluding ortho intramolecular Hbond substituents is 1. The van der Waals surface area contributed by atoms with Gasteiger partial charge < -0.3 is 19.5 Å². The Morgan fingerprint density at radius 3 is 2.56 bits per heavy atom. The zero-order valence-electron chi connectivity index (χ0n) is 18.7. The molecule has 32 heavy (non-hydrogen) atoms. The molecule has 0 bridgehead atoms. The van der Waals surface area contributed by atoms with Crippen LogP contribution in [0.25, 0.3) is 0 Å². The maximum absolute atomic E-state index is 12.2. The second-order valence-electron chi connectivity index (χ2n) is 8.17. The Labute approximate surface area is 189 Å². The molecule has 1 saturated heterocycles. The van der Waals surface area contributed by atoms with Crippen molar-refractivity contribution in [2.75, 3.05) is 26.3 Å². The second-order valence-corrected chi connectivity index (χ2v) is 8.17. The molecule has 2 N–H and O–H groups in total. The molecule has 1 amide bonds. The molecule has 0 unspecified atom stereocenters. The van der Waals surface area contributed by atoms with E-state index in [1.165, 1.54) is 0 Å². The van der Waals surface area contributed by atoms with Gasteiger partial charge in [-0.25, -0.2) is 4.79 Å². The predicted octanol–water partition coefficient (Wildman–Crippen LogP) is 4.26. The van der Waals surface area contributed by atoms with Gasteiger partial charge in [-0.05, 0) is 25.5 Å². The average Bonchev–Trinajstić information content (AvgIpc) is 2.81. The molecule has 0 aromatic heterocycles. The van der Waals surface area contributed by atoms with Crippen LogP contribution in [0.2, 0.25) is 0 Å². The topological polar surface area (TPSA) is 83.4 Å². The summed E-state index contributed by atoms with van der Waals surface area (Å²) in [5, 5.41) is 14.6. The summed E-state index contributed by atoms with van der Waals surface area (Å²) in [7, 11) is 0. The quantitative estimate of drug-likeness (QED) is 0.730. The van der Waals surface area contributed by atoms with Crippen LogP contribution in [-0.4, -0.2) is 53.8 Å². The molecular formula is C25H31N3O4. The number of aromatic hydroxyl groups is 1. The van der Waals surface area contributed by atoms with Crippen molar-refractivity contribution in [2.24, 2.45) is 4.99 Å². The summed E-state index contributed by atoms with van der Waals surface area (Å²) in [6, 6.07) is 15.7. The van der Waals surface area contributed by atoms with Crippen molar-refractivity contribution in [1.29, 1.82) is 0 Å². The number of ether oxygens (including phenoxy) is 2. The Hall–Kier alpha value is -3.06. The minimum absolute atomic E-state index is 0.128.